The summed E-state index contributed by atoms with van der Waals surface area (Å²) in [6, 6.07) is 0. The van der Waals surface area contributed by atoms with Crippen molar-refractivity contribution in [2.75, 3.05) is 26.2 Å². The number of nitrogens with one attached hydrogen (secondary N) is 2. The SMILES string of the molecule is C/C=C/CCCCC(=O)NCCNCCCCCCCCO. The van der Waals surface area contributed by atoms with E-state index in [9.17, 15) is 4.79 Å². The molecular weight excluding hydrogens is 276 g/mol. The molecule has 4 nitrogen and oxygen atoms in total. The summed E-state index contributed by atoms with van der Waals surface area (Å²) in [7, 11) is 0. The molecule has 0 heterocycles. The third-order valence-corrected chi connectivity index (χ3v) is 3.65. The van der Waals surface area contributed by atoms with E-state index in [0.29, 0.717) is 13.0 Å². The topological polar surface area (TPSA) is 61.4 Å². The molecular formula is C18H36N2O2. The van der Waals surface area contributed by atoms with Crippen molar-refractivity contribution >= 4 is 5.91 Å². The maximum atomic E-state index is 11.6. The number of carbonyl (C=O) groups excluding carboxylic acids is 1. The first-order valence-corrected chi connectivity index (χ1v) is 9.00. The van der Waals surface area contributed by atoms with E-state index < -0.39 is 0 Å². The van der Waals surface area contributed by atoms with Gasteiger partial charge in [-0.05, 0) is 45.6 Å². The summed E-state index contributed by atoms with van der Waals surface area (Å²) in [5.41, 5.74) is 0. The van der Waals surface area contributed by atoms with Crippen molar-refractivity contribution in [3.05, 3.63) is 12.2 Å². The van der Waals surface area contributed by atoms with Crippen molar-refractivity contribution in [3.63, 3.8) is 0 Å². The first-order chi connectivity index (χ1) is 10.8. The predicted octanol–water partition coefficient (Wildman–Crippen LogP) is 3.16. The van der Waals surface area contributed by atoms with E-state index in [2.05, 4.69) is 22.8 Å². The van der Waals surface area contributed by atoms with Gasteiger partial charge in [0.25, 0.3) is 0 Å². The van der Waals surface area contributed by atoms with Gasteiger partial charge in [-0.3, -0.25) is 4.79 Å². The van der Waals surface area contributed by atoms with Crippen LogP contribution >= 0.6 is 0 Å². The first kappa shape index (κ1) is 21.1. The summed E-state index contributed by atoms with van der Waals surface area (Å²) < 4.78 is 0. The van der Waals surface area contributed by atoms with E-state index >= 15 is 0 Å². The monoisotopic (exact) mass is 312 g/mol. The van der Waals surface area contributed by atoms with Crippen LogP contribution in [0.25, 0.3) is 0 Å². The molecule has 0 aliphatic heterocycles. The Bertz CT molecular complexity index is 268. The van der Waals surface area contributed by atoms with Crippen LogP contribution < -0.4 is 10.6 Å². The number of aliphatic hydroxyl groups excluding tert-OH is 1. The number of carbonyl (C=O) groups is 1. The molecule has 0 aromatic heterocycles. The maximum Gasteiger partial charge on any atom is 0.220 e. The highest BCUT2D eigenvalue weighted by atomic mass is 16.2. The van der Waals surface area contributed by atoms with Crippen LogP contribution in [0.2, 0.25) is 0 Å². The average molecular weight is 312 g/mol. The van der Waals surface area contributed by atoms with Crippen molar-refractivity contribution in [3.8, 4) is 0 Å². The maximum absolute atomic E-state index is 11.6. The van der Waals surface area contributed by atoms with E-state index in [4.69, 9.17) is 5.11 Å². The molecule has 0 bridgehead atoms. The first-order valence-electron chi connectivity index (χ1n) is 9.00. The Morgan fingerprint density at radius 2 is 1.64 bits per heavy atom. The van der Waals surface area contributed by atoms with Crippen molar-refractivity contribution in [2.45, 2.75) is 71.1 Å². The Morgan fingerprint density at radius 1 is 0.909 bits per heavy atom. The Hall–Kier alpha value is -0.870. The highest BCUT2D eigenvalue weighted by Crippen LogP contribution is 2.04. The van der Waals surface area contributed by atoms with Crippen molar-refractivity contribution in [1.29, 1.82) is 0 Å². The van der Waals surface area contributed by atoms with Gasteiger partial charge in [-0.15, -0.1) is 0 Å². The van der Waals surface area contributed by atoms with Crippen LogP contribution in [0.4, 0.5) is 0 Å². The summed E-state index contributed by atoms with van der Waals surface area (Å²) in [5.74, 6) is 0.172. The van der Waals surface area contributed by atoms with Gasteiger partial charge in [-0.1, -0.05) is 37.8 Å². The molecule has 0 aromatic carbocycles. The van der Waals surface area contributed by atoms with E-state index in [1.54, 1.807) is 0 Å². The molecule has 1 amide bonds. The molecule has 0 aliphatic rings. The number of rotatable bonds is 16. The van der Waals surface area contributed by atoms with Gasteiger partial charge in [-0.25, -0.2) is 0 Å². The van der Waals surface area contributed by atoms with Crippen LogP contribution in [0.15, 0.2) is 12.2 Å². The number of allylic oxidation sites excluding steroid dienone is 2. The molecule has 3 N–H and O–H groups in total. The average Bonchev–Trinajstić information content (AvgIpc) is 2.52. The molecule has 0 saturated heterocycles. The van der Waals surface area contributed by atoms with E-state index in [1.165, 1.54) is 25.7 Å². The van der Waals surface area contributed by atoms with Gasteiger partial charge in [0.15, 0.2) is 0 Å². The quantitative estimate of drug-likeness (QED) is 0.303. The summed E-state index contributed by atoms with van der Waals surface area (Å²) in [6.07, 6.45) is 15.0. The van der Waals surface area contributed by atoms with Gasteiger partial charge in [0.05, 0.1) is 0 Å². The van der Waals surface area contributed by atoms with Gasteiger partial charge in [0.1, 0.15) is 0 Å². The lowest BCUT2D eigenvalue weighted by Crippen LogP contribution is -2.32. The summed E-state index contributed by atoms with van der Waals surface area (Å²) in [6.45, 7) is 4.96. The fourth-order valence-electron chi connectivity index (χ4n) is 2.29. The zero-order valence-corrected chi connectivity index (χ0v) is 14.4. The molecule has 0 aliphatic carbocycles. The number of hydrogen-bond acceptors (Lipinski definition) is 3. The third-order valence-electron chi connectivity index (χ3n) is 3.65. The van der Waals surface area contributed by atoms with Crippen LogP contribution in [0.1, 0.15) is 71.1 Å². The highest BCUT2D eigenvalue weighted by Gasteiger charge is 1.99. The van der Waals surface area contributed by atoms with Gasteiger partial charge in [-0.2, -0.15) is 0 Å². The molecule has 22 heavy (non-hydrogen) atoms. The number of unbranched alkanes of at least 4 members (excludes halogenated alkanes) is 7. The van der Waals surface area contributed by atoms with E-state index in [-0.39, 0.29) is 5.91 Å². The van der Waals surface area contributed by atoms with Crippen LogP contribution in [-0.4, -0.2) is 37.3 Å². The number of aliphatic hydroxyl groups is 1. The summed E-state index contributed by atoms with van der Waals surface area (Å²) >= 11 is 0. The lowest BCUT2D eigenvalue weighted by molar-refractivity contribution is -0.121. The van der Waals surface area contributed by atoms with Crippen molar-refractivity contribution in [1.82, 2.24) is 10.6 Å². The van der Waals surface area contributed by atoms with Crippen molar-refractivity contribution < 1.29 is 9.90 Å². The molecule has 0 rings (SSSR count). The number of hydrogen-bond donors (Lipinski definition) is 3. The zero-order valence-electron chi connectivity index (χ0n) is 14.4. The van der Waals surface area contributed by atoms with Crippen LogP contribution in [0, 0.1) is 0 Å². The van der Waals surface area contributed by atoms with Gasteiger partial charge >= 0.3 is 0 Å². The minimum Gasteiger partial charge on any atom is -0.396 e. The fourth-order valence-corrected chi connectivity index (χ4v) is 2.29. The van der Waals surface area contributed by atoms with Crippen molar-refractivity contribution in [2.24, 2.45) is 0 Å². The lowest BCUT2D eigenvalue weighted by Gasteiger charge is -2.07. The van der Waals surface area contributed by atoms with Crippen LogP contribution in [0.5, 0.6) is 0 Å². The fraction of sp³-hybridized carbons (Fsp3) is 0.833. The minimum absolute atomic E-state index is 0.172. The molecule has 0 unspecified atom stereocenters. The van der Waals surface area contributed by atoms with Gasteiger partial charge in [0.2, 0.25) is 5.91 Å². The summed E-state index contributed by atoms with van der Waals surface area (Å²) in [4.78, 5) is 11.6. The molecule has 0 fully saturated rings. The van der Waals surface area contributed by atoms with Gasteiger partial charge < -0.3 is 15.7 Å². The van der Waals surface area contributed by atoms with Crippen LogP contribution in [-0.2, 0) is 4.79 Å². The van der Waals surface area contributed by atoms with Gasteiger partial charge in [0, 0.05) is 26.1 Å². The second-order valence-electron chi connectivity index (χ2n) is 5.76. The second-order valence-corrected chi connectivity index (χ2v) is 5.76. The molecule has 0 spiro atoms. The molecule has 0 aromatic rings. The zero-order chi connectivity index (χ0) is 16.3. The van der Waals surface area contributed by atoms with E-state index in [0.717, 1.165) is 51.7 Å². The third kappa shape index (κ3) is 17.2. The van der Waals surface area contributed by atoms with E-state index in [1.807, 2.05) is 6.92 Å². The predicted molar refractivity (Wildman–Crippen MR) is 93.9 cm³/mol. The Morgan fingerprint density at radius 3 is 2.36 bits per heavy atom. The Labute approximate surface area is 136 Å². The molecule has 0 atom stereocenters. The normalized spacial score (nSPS) is 11.2. The lowest BCUT2D eigenvalue weighted by atomic mass is 10.1. The highest BCUT2D eigenvalue weighted by molar-refractivity contribution is 5.75. The molecule has 130 valence electrons. The molecule has 0 radical (unpaired) electrons. The Kier molecular flexibility index (Phi) is 17.5. The largest absolute Gasteiger partial charge is 0.396 e. The minimum atomic E-state index is 0.172. The smallest absolute Gasteiger partial charge is 0.220 e. The molecule has 0 saturated carbocycles. The van der Waals surface area contributed by atoms with Crippen LogP contribution in [0.3, 0.4) is 0 Å². The summed E-state index contributed by atoms with van der Waals surface area (Å²) in [5, 5.41) is 15.0. The Balaban J connectivity index is 3.13. The molecule has 4 heteroatoms. The second kappa shape index (κ2) is 18.2. The number of amides is 1. The standard InChI is InChI=1S/C18H36N2O2/c1-2-3-4-7-10-13-18(22)20-16-15-19-14-11-8-5-6-9-12-17-21/h2-3,19,21H,4-17H2,1H3,(H,20,22)/b3-2+.